The molecule has 1 aliphatic rings. The number of benzene rings is 3. The Morgan fingerprint density at radius 3 is 1.71 bits per heavy atom. The van der Waals surface area contributed by atoms with Crippen LogP contribution in [-0.4, -0.2) is 11.8 Å². The topological polar surface area (TPSA) is 37.4 Å². The number of aryl methyl sites for hydroxylation is 3. The molecule has 0 saturated carbocycles. The molecule has 118 valence electrons. The molecule has 3 heteroatoms. The number of anilines is 1. The first-order chi connectivity index (χ1) is 11.5. The van der Waals surface area contributed by atoms with Crippen molar-refractivity contribution in [1.82, 2.24) is 0 Å². The molecular weight excluding hydrogens is 298 g/mol. The van der Waals surface area contributed by atoms with Crippen LogP contribution >= 0.6 is 0 Å². The van der Waals surface area contributed by atoms with Gasteiger partial charge in [0.25, 0.3) is 11.8 Å². The molecule has 0 unspecified atom stereocenters. The molecule has 0 fully saturated rings. The van der Waals surface area contributed by atoms with Gasteiger partial charge in [-0.25, -0.2) is 4.90 Å². The van der Waals surface area contributed by atoms with Crippen molar-refractivity contribution in [3.05, 3.63) is 76.3 Å². The normalized spacial score (nSPS) is 13.7. The highest BCUT2D eigenvalue weighted by Crippen LogP contribution is 2.36. The van der Waals surface area contributed by atoms with Crippen LogP contribution in [-0.2, 0) is 0 Å². The lowest BCUT2D eigenvalue weighted by molar-refractivity contribution is 0.0893. The second-order valence-corrected chi connectivity index (χ2v) is 6.34. The van der Waals surface area contributed by atoms with Gasteiger partial charge < -0.3 is 0 Å². The zero-order valence-corrected chi connectivity index (χ0v) is 13.9. The van der Waals surface area contributed by atoms with Crippen molar-refractivity contribution in [1.29, 1.82) is 0 Å². The van der Waals surface area contributed by atoms with Crippen LogP contribution in [0.4, 0.5) is 5.69 Å². The predicted octanol–water partition coefficient (Wildman–Crippen LogP) is 4.57. The van der Waals surface area contributed by atoms with Crippen LogP contribution in [0.15, 0.2) is 48.5 Å². The van der Waals surface area contributed by atoms with Gasteiger partial charge in [0.15, 0.2) is 0 Å². The molecule has 3 aromatic carbocycles. The van der Waals surface area contributed by atoms with Crippen molar-refractivity contribution in [2.24, 2.45) is 0 Å². The van der Waals surface area contributed by atoms with Crippen molar-refractivity contribution in [3.63, 3.8) is 0 Å². The summed E-state index contributed by atoms with van der Waals surface area (Å²) in [5, 5.41) is 1.80. The van der Waals surface area contributed by atoms with E-state index in [1.54, 1.807) is 0 Å². The molecule has 0 bridgehead atoms. The lowest BCUT2D eigenvalue weighted by atomic mass is 9.89. The molecule has 1 aliphatic heterocycles. The molecule has 1 heterocycles. The Bertz CT molecular complexity index is 977. The maximum atomic E-state index is 13.1. The van der Waals surface area contributed by atoms with E-state index in [0.717, 1.165) is 27.5 Å². The van der Waals surface area contributed by atoms with E-state index in [-0.39, 0.29) is 11.8 Å². The van der Waals surface area contributed by atoms with Gasteiger partial charge in [-0.05, 0) is 61.0 Å². The third-order valence-electron chi connectivity index (χ3n) is 4.80. The SMILES string of the molecule is Cc1ccccc1N1C(=O)c2ccc(C)c3c(C)ccc(c23)C1=O. The van der Waals surface area contributed by atoms with Crippen molar-refractivity contribution >= 4 is 28.3 Å². The minimum absolute atomic E-state index is 0.252. The number of amides is 2. The first-order valence-electron chi connectivity index (χ1n) is 7.98. The van der Waals surface area contributed by atoms with Crippen LogP contribution in [0.25, 0.3) is 10.8 Å². The molecule has 0 saturated heterocycles. The maximum Gasteiger partial charge on any atom is 0.265 e. The summed E-state index contributed by atoms with van der Waals surface area (Å²) in [7, 11) is 0. The number of nitrogens with zero attached hydrogens (tertiary/aromatic N) is 1. The van der Waals surface area contributed by atoms with Gasteiger partial charge in [0, 0.05) is 16.5 Å². The molecule has 24 heavy (non-hydrogen) atoms. The van der Waals surface area contributed by atoms with Crippen LogP contribution in [0.2, 0.25) is 0 Å². The lowest BCUT2D eigenvalue weighted by Gasteiger charge is -2.29. The summed E-state index contributed by atoms with van der Waals surface area (Å²) in [5.41, 5.74) is 4.90. The molecule has 2 amide bonds. The Balaban J connectivity index is 2.06. The fourth-order valence-corrected chi connectivity index (χ4v) is 3.59. The van der Waals surface area contributed by atoms with Gasteiger partial charge in [-0.2, -0.15) is 0 Å². The zero-order chi connectivity index (χ0) is 17.0. The standard InChI is InChI=1S/C21H17NO2/c1-12-6-4-5-7-17(12)22-20(23)15-10-8-13(2)18-14(3)9-11-16(19(15)18)21(22)24/h4-11H,1-3H3. The van der Waals surface area contributed by atoms with Crippen LogP contribution in [0, 0.1) is 20.8 Å². The highest BCUT2D eigenvalue weighted by molar-refractivity contribution is 6.36. The van der Waals surface area contributed by atoms with Gasteiger partial charge >= 0.3 is 0 Å². The summed E-state index contributed by atoms with van der Waals surface area (Å²) in [4.78, 5) is 27.5. The van der Waals surface area contributed by atoms with E-state index in [0.29, 0.717) is 16.8 Å². The molecule has 0 radical (unpaired) electrons. The number of carbonyl (C=O) groups excluding carboxylic acids is 2. The number of hydrogen-bond acceptors (Lipinski definition) is 2. The number of rotatable bonds is 1. The molecule has 0 spiro atoms. The van der Waals surface area contributed by atoms with E-state index in [9.17, 15) is 9.59 Å². The Labute approximate surface area is 140 Å². The summed E-state index contributed by atoms with van der Waals surface area (Å²) < 4.78 is 0. The van der Waals surface area contributed by atoms with Crippen molar-refractivity contribution < 1.29 is 9.59 Å². The van der Waals surface area contributed by atoms with Gasteiger partial charge in [-0.1, -0.05) is 30.3 Å². The van der Waals surface area contributed by atoms with E-state index in [1.807, 2.05) is 69.3 Å². The molecule has 0 aliphatic carbocycles. The van der Waals surface area contributed by atoms with Gasteiger partial charge in [0.2, 0.25) is 0 Å². The van der Waals surface area contributed by atoms with Gasteiger partial charge in [0.1, 0.15) is 0 Å². The van der Waals surface area contributed by atoms with Crippen molar-refractivity contribution in [2.75, 3.05) is 4.90 Å². The molecular formula is C21H17NO2. The summed E-state index contributed by atoms with van der Waals surface area (Å²) in [6.07, 6.45) is 0. The summed E-state index contributed by atoms with van der Waals surface area (Å²) in [6, 6.07) is 15.1. The lowest BCUT2D eigenvalue weighted by Crippen LogP contribution is -2.41. The maximum absolute atomic E-state index is 13.1. The summed E-state index contributed by atoms with van der Waals surface area (Å²) >= 11 is 0. The van der Waals surface area contributed by atoms with Crippen molar-refractivity contribution in [2.45, 2.75) is 20.8 Å². The van der Waals surface area contributed by atoms with Crippen LogP contribution < -0.4 is 4.90 Å². The molecule has 0 atom stereocenters. The Kier molecular flexibility index (Phi) is 3.07. The predicted molar refractivity (Wildman–Crippen MR) is 95.7 cm³/mol. The van der Waals surface area contributed by atoms with E-state index in [1.165, 1.54) is 4.90 Å². The van der Waals surface area contributed by atoms with E-state index in [4.69, 9.17) is 0 Å². The average Bonchev–Trinajstić information content (AvgIpc) is 2.56. The van der Waals surface area contributed by atoms with Gasteiger partial charge in [-0.15, -0.1) is 0 Å². The molecule has 3 aromatic rings. The monoisotopic (exact) mass is 315 g/mol. The minimum Gasteiger partial charge on any atom is -0.268 e. The van der Waals surface area contributed by atoms with Crippen molar-refractivity contribution in [3.8, 4) is 0 Å². The molecule has 3 nitrogen and oxygen atoms in total. The first-order valence-corrected chi connectivity index (χ1v) is 7.98. The highest BCUT2D eigenvalue weighted by atomic mass is 16.2. The van der Waals surface area contributed by atoms with E-state index < -0.39 is 0 Å². The minimum atomic E-state index is -0.252. The Hall–Kier alpha value is -2.94. The largest absolute Gasteiger partial charge is 0.268 e. The third-order valence-corrected chi connectivity index (χ3v) is 4.80. The molecule has 4 rings (SSSR count). The van der Waals surface area contributed by atoms with Crippen LogP contribution in [0.3, 0.4) is 0 Å². The van der Waals surface area contributed by atoms with E-state index >= 15 is 0 Å². The van der Waals surface area contributed by atoms with Crippen LogP contribution in [0.5, 0.6) is 0 Å². The summed E-state index contributed by atoms with van der Waals surface area (Å²) in [6.45, 7) is 5.93. The Morgan fingerprint density at radius 2 is 1.17 bits per heavy atom. The average molecular weight is 315 g/mol. The van der Waals surface area contributed by atoms with Gasteiger partial charge in [0.05, 0.1) is 5.69 Å². The number of carbonyl (C=O) groups is 2. The smallest absolute Gasteiger partial charge is 0.265 e. The van der Waals surface area contributed by atoms with Crippen LogP contribution in [0.1, 0.15) is 37.4 Å². The summed E-state index contributed by atoms with van der Waals surface area (Å²) in [5.74, 6) is -0.505. The second-order valence-electron chi connectivity index (χ2n) is 6.34. The Morgan fingerprint density at radius 1 is 0.625 bits per heavy atom. The fraction of sp³-hybridized carbons (Fsp3) is 0.143. The number of hydrogen-bond donors (Lipinski definition) is 0. The molecule has 0 N–H and O–H groups in total. The fourth-order valence-electron chi connectivity index (χ4n) is 3.59. The second kappa shape index (κ2) is 5.03. The quantitative estimate of drug-likeness (QED) is 0.617. The third kappa shape index (κ3) is 1.84. The number of para-hydroxylation sites is 1. The highest BCUT2D eigenvalue weighted by Gasteiger charge is 2.35. The van der Waals surface area contributed by atoms with Gasteiger partial charge in [-0.3, -0.25) is 9.59 Å². The molecule has 0 aromatic heterocycles. The van der Waals surface area contributed by atoms with E-state index in [2.05, 4.69) is 0 Å². The zero-order valence-electron chi connectivity index (χ0n) is 13.9. The first kappa shape index (κ1) is 14.6. The number of imide groups is 1.